The van der Waals surface area contributed by atoms with Crippen LogP contribution in [-0.4, -0.2) is 23.9 Å². The van der Waals surface area contributed by atoms with Crippen LogP contribution in [0.25, 0.3) is 0 Å². The molecule has 0 atom stereocenters. The Labute approximate surface area is 117 Å². The highest BCUT2D eigenvalue weighted by molar-refractivity contribution is 6.02. The minimum atomic E-state index is -0.969. The third kappa shape index (κ3) is 3.03. The number of anilines is 1. The number of ketones is 1. The highest BCUT2D eigenvalue weighted by atomic mass is 16.4. The number of carbonyl (C=O) groups excluding carboxylic acids is 1. The van der Waals surface area contributed by atoms with Gasteiger partial charge in [0.05, 0.1) is 5.56 Å². The van der Waals surface area contributed by atoms with Crippen molar-refractivity contribution in [3.63, 3.8) is 0 Å². The van der Waals surface area contributed by atoms with E-state index in [-0.39, 0.29) is 17.8 Å². The largest absolute Gasteiger partial charge is 0.478 e. The van der Waals surface area contributed by atoms with Crippen molar-refractivity contribution >= 4 is 17.4 Å². The van der Waals surface area contributed by atoms with Crippen LogP contribution in [0.2, 0.25) is 0 Å². The Morgan fingerprint density at radius 3 is 2.30 bits per heavy atom. The zero-order chi connectivity index (χ0) is 14.5. The van der Waals surface area contributed by atoms with Crippen molar-refractivity contribution in [3.05, 3.63) is 65.2 Å². The lowest BCUT2D eigenvalue weighted by Crippen LogP contribution is -2.07. The summed E-state index contributed by atoms with van der Waals surface area (Å²) in [4.78, 5) is 23.0. The summed E-state index contributed by atoms with van der Waals surface area (Å²) in [5.41, 5.74) is 2.44. The Morgan fingerprint density at radius 2 is 1.70 bits per heavy atom. The molecule has 0 aliphatic rings. The molecule has 102 valence electrons. The molecule has 0 fully saturated rings. The van der Waals surface area contributed by atoms with E-state index in [4.69, 9.17) is 5.11 Å². The fourth-order valence-electron chi connectivity index (χ4n) is 1.99. The Balaban J connectivity index is 2.17. The summed E-state index contributed by atoms with van der Waals surface area (Å²) in [7, 11) is 1.77. The quantitative estimate of drug-likeness (QED) is 0.819. The van der Waals surface area contributed by atoms with Gasteiger partial charge in [-0.15, -0.1) is 0 Å². The number of benzene rings is 2. The standard InChI is InChI=1S/C16H15NO3/c1-17-14-5-3-2-4-13(14)15(18)10-11-6-8-12(9-7-11)16(19)20/h2-9,17H,10H2,1H3,(H,19,20). The van der Waals surface area contributed by atoms with Crippen LogP contribution < -0.4 is 5.32 Å². The molecule has 0 saturated carbocycles. The van der Waals surface area contributed by atoms with E-state index < -0.39 is 5.97 Å². The summed E-state index contributed by atoms with van der Waals surface area (Å²) >= 11 is 0. The van der Waals surface area contributed by atoms with Crippen LogP contribution in [0.5, 0.6) is 0 Å². The zero-order valence-electron chi connectivity index (χ0n) is 11.1. The van der Waals surface area contributed by atoms with Crippen molar-refractivity contribution in [3.8, 4) is 0 Å². The minimum Gasteiger partial charge on any atom is -0.478 e. The lowest BCUT2D eigenvalue weighted by molar-refractivity contribution is 0.0696. The van der Waals surface area contributed by atoms with Gasteiger partial charge in [0, 0.05) is 24.7 Å². The third-order valence-electron chi connectivity index (χ3n) is 3.06. The first-order valence-corrected chi connectivity index (χ1v) is 6.24. The normalized spacial score (nSPS) is 10.1. The second-order valence-electron chi connectivity index (χ2n) is 4.40. The molecule has 0 bridgehead atoms. The van der Waals surface area contributed by atoms with Gasteiger partial charge in [0.1, 0.15) is 0 Å². The Bertz CT molecular complexity index is 632. The lowest BCUT2D eigenvalue weighted by Gasteiger charge is -2.08. The van der Waals surface area contributed by atoms with E-state index in [1.807, 2.05) is 18.2 Å². The smallest absolute Gasteiger partial charge is 0.335 e. The molecule has 0 unspecified atom stereocenters. The van der Waals surface area contributed by atoms with Gasteiger partial charge in [-0.3, -0.25) is 4.79 Å². The van der Waals surface area contributed by atoms with Gasteiger partial charge in [-0.2, -0.15) is 0 Å². The average molecular weight is 269 g/mol. The Morgan fingerprint density at radius 1 is 1.05 bits per heavy atom. The predicted octanol–water partition coefficient (Wildman–Crippen LogP) is 2.85. The molecule has 0 saturated heterocycles. The molecular weight excluding hydrogens is 254 g/mol. The number of nitrogens with one attached hydrogen (secondary N) is 1. The highest BCUT2D eigenvalue weighted by Gasteiger charge is 2.11. The number of aromatic carboxylic acids is 1. The van der Waals surface area contributed by atoms with E-state index in [2.05, 4.69) is 5.32 Å². The minimum absolute atomic E-state index is 0.00183. The van der Waals surface area contributed by atoms with Crippen molar-refractivity contribution < 1.29 is 14.7 Å². The van der Waals surface area contributed by atoms with Crippen LogP contribution >= 0.6 is 0 Å². The molecule has 0 aromatic heterocycles. The summed E-state index contributed by atoms with van der Waals surface area (Å²) in [5.74, 6) is -0.971. The zero-order valence-corrected chi connectivity index (χ0v) is 11.1. The SMILES string of the molecule is CNc1ccccc1C(=O)Cc1ccc(C(=O)O)cc1. The number of rotatable bonds is 5. The molecule has 0 heterocycles. The van der Waals surface area contributed by atoms with Gasteiger partial charge in [0.25, 0.3) is 0 Å². The molecule has 4 heteroatoms. The van der Waals surface area contributed by atoms with Crippen molar-refractivity contribution in [2.24, 2.45) is 0 Å². The molecule has 4 nitrogen and oxygen atoms in total. The van der Waals surface area contributed by atoms with Gasteiger partial charge in [-0.25, -0.2) is 4.79 Å². The Hall–Kier alpha value is -2.62. The van der Waals surface area contributed by atoms with Crippen LogP contribution in [-0.2, 0) is 6.42 Å². The second-order valence-corrected chi connectivity index (χ2v) is 4.40. The molecule has 0 aliphatic heterocycles. The van der Waals surface area contributed by atoms with Crippen molar-refractivity contribution in [1.82, 2.24) is 0 Å². The van der Waals surface area contributed by atoms with Crippen molar-refractivity contribution in [1.29, 1.82) is 0 Å². The monoisotopic (exact) mass is 269 g/mol. The van der Waals surface area contributed by atoms with Crippen LogP contribution in [0.3, 0.4) is 0 Å². The molecule has 0 amide bonds. The summed E-state index contributed by atoms with van der Waals surface area (Å²) in [6.45, 7) is 0. The van der Waals surface area contributed by atoms with E-state index in [1.54, 1.807) is 25.2 Å². The Kier molecular flexibility index (Phi) is 4.15. The highest BCUT2D eigenvalue weighted by Crippen LogP contribution is 2.17. The average Bonchev–Trinajstić information content (AvgIpc) is 2.47. The van der Waals surface area contributed by atoms with Crippen molar-refractivity contribution in [2.75, 3.05) is 12.4 Å². The maximum Gasteiger partial charge on any atom is 0.335 e. The van der Waals surface area contributed by atoms with E-state index in [1.165, 1.54) is 12.1 Å². The topological polar surface area (TPSA) is 66.4 Å². The predicted molar refractivity (Wildman–Crippen MR) is 77.4 cm³/mol. The number of Topliss-reactive ketones (excluding diaryl/α,β-unsaturated/α-hetero) is 1. The number of hydrogen-bond acceptors (Lipinski definition) is 3. The fraction of sp³-hybridized carbons (Fsp3) is 0.125. The maximum atomic E-state index is 12.3. The molecule has 0 spiro atoms. The number of hydrogen-bond donors (Lipinski definition) is 2. The number of carbonyl (C=O) groups is 2. The molecular formula is C16H15NO3. The van der Waals surface area contributed by atoms with E-state index in [0.29, 0.717) is 5.56 Å². The van der Waals surface area contributed by atoms with E-state index in [0.717, 1.165) is 11.3 Å². The molecule has 2 aromatic carbocycles. The number of carboxylic acid groups (broad SMARTS) is 1. The first-order chi connectivity index (χ1) is 9.61. The van der Waals surface area contributed by atoms with Crippen molar-refractivity contribution in [2.45, 2.75) is 6.42 Å². The second kappa shape index (κ2) is 6.02. The number of para-hydroxylation sites is 1. The van der Waals surface area contributed by atoms with E-state index >= 15 is 0 Å². The summed E-state index contributed by atoms with van der Waals surface area (Å²) < 4.78 is 0. The van der Waals surface area contributed by atoms with Gasteiger partial charge >= 0.3 is 5.97 Å². The first kappa shape index (κ1) is 13.8. The van der Waals surface area contributed by atoms with Gasteiger partial charge in [-0.05, 0) is 29.8 Å². The van der Waals surface area contributed by atoms with Crippen LogP contribution in [0.15, 0.2) is 48.5 Å². The van der Waals surface area contributed by atoms with Gasteiger partial charge in [-0.1, -0.05) is 24.3 Å². The van der Waals surface area contributed by atoms with Gasteiger partial charge in [0.2, 0.25) is 0 Å². The molecule has 2 aromatic rings. The lowest BCUT2D eigenvalue weighted by atomic mass is 10.0. The fourth-order valence-corrected chi connectivity index (χ4v) is 1.99. The van der Waals surface area contributed by atoms with Crippen LogP contribution in [0.1, 0.15) is 26.3 Å². The van der Waals surface area contributed by atoms with Gasteiger partial charge < -0.3 is 10.4 Å². The number of carboxylic acids is 1. The molecule has 0 radical (unpaired) electrons. The summed E-state index contributed by atoms with van der Waals surface area (Å²) in [6, 6.07) is 13.7. The molecule has 2 rings (SSSR count). The summed E-state index contributed by atoms with van der Waals surface area (Å²) in [6.07, 6.45) is 0.249. The van der Waals surface area contributed by atoms with Gasteiger partial charge in [0.15, 0.2) is 5.78 Å². The molecule has 0 aliphatic carbocycles. The molecule has 20 heavy (non-hydrogen) atoms. The third-order valence-corrected chi connectivity index (χ3v) is 3.06. The summed E-state index contributed by atoms with van der Waals surface area (Å²) in [5, 5.41) is 11.8. The first-order valence-electron chi connectivity index (χ1n) is 6.24. The van der Waals surface area contributed by atoms with Crippen LogP contribution in [0, 0.1) is 0 Å². The molecule has 2 N–H and O–H groups in total. The van der Waals surface area contributed by atoms with Crippen LogP contribution in [0.4, 0.5) is 5.69 Å². The maximum absolute atomic E-state index is 12.3. The van der Waals surface area contributed by atoms with E-state index in [9.17, 15) is 9.59 Å².